The number of aryl methyl sites for hydroxylation is 1. The van der Waals surface area contributed by atoms with Crippen LogP contribution in [0, 0.1) is 0 Å². The average Bonchev–Trinajstić information content (AvgIpc) is 2.70. The van der Waals surface area contributed by atoms with E-state index in [2.05, 4.69) is 85.0 Å². The van der Waals surface area contributed by atoms with Crippen molar-refractivity contribution in [3.8, 4) is 0 Å². The Morgan fingerprint density at radius 2 is 1.83 bits per heavy atom. The minimum absolute atomic E-state index is 0.265. The molecule has 0 bridgehead atoms. The maximum Gasteiger partial charge on any atom is 0.0843 e. The normalized spacial score (nSPS) is 12.7. The van der Waals surface area contributed by atoms with Gasteiger partial charge in [0.1, 0.15) is 0 Å². The quantitative estimate of drug-likeness (QED) is 0.452. The van der Waals surface area contributed by atoms with Gasteiger partial charge in [-0.1, -0.05) is 53.5 Å². The highest BCUT2D eigenvalue weighted by Gasteiger charge is 2.14. The van der Waals surface area contributed by atoms with Crippen LogP contribution in [0.3, 0.4) is 0 Å². The second-order valence-corrected chi connectivity index (χ2v) is 8.30. The van der Waals surface area contributed by atoms with E-state index in [9.17, 15) is 0 Å². The minimum Gasteiger partial charge on any atom is -0.131 e. The summed E-state index contributed by atoms with van der Waals surface area (Å²) in [6.45, 7) is 2.21. The number of thiophene rings is 1. The summed E-state index contributed by atoms with van der Waals surface area (Å²) < 4.78 is 2.26. The number of hydrogen-bond donors (Lipinski definition) is 0. The molecule has 1 atom stereocenters. The molecule has 0 aliphatic rings. The summed E-state index contributed by atoms with van der Waals surface area (Å²) in [5, 5.41) is 0. The maximum atomic E-state index is 3.77. The summed E-state index contributed by atoms with van der Waals surface area (Å²) in [6.07, 6.45) is 2.35. The van der Waals surface area contributed by atoms with Crippen molar-refractivity contribution in [2.24, 2.45) is 0 Å². The number of rotatable bonds is 4. The van der Waals surface area contributed by atoms with Gasteiger partial charge in [-0.05, 0) is 55.5 Å². The van der Waals surface area contributed by atoms with Crippen LogP contribution in [0.25, 0.3) is 0 Å². The lowest BCUT2D eigenvalue weighted by molar-refractivity contribution is 0.920. The largest absolute Gasteiger partial charge is 0.131 e. The zero-order valence-electron chi connectivity index (χ0n) is 9.92. The van der Waals surface area contributed by atoms with Crippen molar-refractivity contribution in [1.29, 1.82) is 0 Å². The average molecular weight is 453 g/mol. The smallest absolute Gasteiger partial charge is 0.0843 e. The highest BCUT2D eigenvalue weighted by molar-refractivity contribution is 9.13. The third-order valence-electron chi connectivity index (χ3n) is 2.73. The van der Waals surface area contributed by atoms with Gasteiger partial charge in [0.15, 0.2) is 0 Å². The molecule has 0 radical (unpaired) electrons. The topological polar surface area (TPSA) is 0 Å². The number of halogens is 3. The van der Waals surface area contributed by atoms with Crippen LogP contribution in [0.4, 0.5) is 0 Å². The van der Waals surface area contributed by atoms with Gasteiger partial charge in [0, 0.05) is 9.35 Å². The molecular weight excluding hydrogens is 440 g/mol. The van der Waals surface area contributed by atoms with Crippen molar-refractivity contribution in [1.82, 2.24) is 0 Å². The van der Waals surface area contributed by atoms with Crippen LogP contribution in [0.15, 0.2) is 38.6 Å². The van der Waals surface area contributed by atoms with Crippen molar-refractivity contribution < 1.29 is 0 Å². The summed E-state index contributed by atoms with van der Waals surface area (Å²) in [5.41, 5.74) is 2.71. The lowest BCUT2D eigenvalue weighted by Crippen LogP contribution is -1.90. The SMILES string of the molecule is CCCc1ccc(C(Br)c2cc(Br)c(Br)s2)cc1. The first-order valence-electron chi connectivity index (χ1n) is 5.79. The second-order valence-electron chi connectivity index (χ2n) is 4.12. The van der Waals surface area contributed by atoms with Crippen molar-refractivity contribution in [2.45, 2.75) is 24.6 Å². The van der Waals surface area contributed by atoms with Crippen molar-refractivity contribution in [2.75, 3.05) is 0 Å². The van der Waals surface area contributed by atoms with E-state index in [1.54, 1.807) is 11.3 Å². The van der Waals surface area contributed by atoms with Gasteiger partial charge < -0.3 is 0 Å². The molecule has 0 saturated carbocycles. The van der Waals surface area contributed by atoms with Crippen LogP contribution < -0.4 is 0 Å². The summed E-state index contributed by atoms with van der Waals surface area (Å²) in [7, 11) is 0. The van der Waals surface area contributed by atoms with Crippen LogP contribution in [-0.2, 0) is 6.42 Å². The molecule has 2 rings (SSSR count). The van der Waals surface area contributed by atoms with Crippen molar-refractivity contribution >= 4 is 59.1 Å². The Kier molecular flexibility index (Phi) is 5.48. The van der Waals surface area contributed by atoms with Crippen LogP contribution in [0.1, 0.15) is 34.2 Å². The van der Waals surface area contributed by atoms with Crippen LogP contribution >= 0.6 is 59.1 Å². The van der Waals surface area contributed by atoms with Gasteiger partial charge in [-0.15, -0.1) is 11.3 Å². The van der Waals surface area contributed by atoms with E-state index in [-0.39, 0.29) is 4.83 Å². The van der Waals surface area contributed by atoms with Gasteiger partial charge in [-0.2, -0.15) is 0 Å². The molecule has 1 aromatic carbocycles. The van der Waals surface area contributed by atoms with E-state index >= 15 is 0 Å². The van der Waals surface area contributed by atoms with Gasteiger partial charge in [0.2, 0.25) is 0 Å². The van der Waals surface area contributed by atoms with Crippen molar-refractivity contribution in [3.63, 3.8) is 0 Å². The maximum absolute atomic E-state index is 3.77. The first-order chi connectivity index (χ1) is 8.61. The molecule has 1 heterocycles. The fourth-order valence-electron chi connectivity index (χ4n) is 1.79. The summed E-state index contributed by atoms with van der Waals surface area (Å²) in [6, 6.07) is 11.0. The molecule has 4 heteroatoms. The number of benzene rings is 1. The fourth-order valence-corrected chi connectivity index (χ4v) is 4.61. The van der Waals surface area contributed by atoms with E-state index in [1.807, 2.05) is 0 Å². The molecule has 2 aromatic rings. The Balaban J connectivity index is 2.20. The summed E-state index contributed by atoms with van der Waals surface area (Å²) >= 11 is 12.6. The zero-order valence-corrected chi connectivity index (χ0v) is 15.5. The molecule has 0 spiro atoms. The Morgan fingerprint density at radius 1 is 1.17 bits per heavy atom. The second kappa shape index (κ2) is 6.69. The highest BCUT2D eigenvalue weighted by Crippen LogP contribution is 2.41. The Bertz CT molecular complexity index is 497. The van der Waals surface area contributed by atoms with E-state index in [0.717, 1.165) is 14.7 Å². The van der Waals surface area contributed by atoms with Crippen LogP contribution in [0.2, 0.25) is 0 Å². The molecule has 1 unspecified atom stereocenters. The molecule has 18 heavy (non-hydrogen) atoms. The first kappa shape index (κ1) is 14.8. The minimum atomic E-state index is 0.265. The molecule has 0 nitrogen and oxygen atoms in total. The predicted octanol–water partition coefficient (Wildman–Crippen LogP) is 6.71. The number of hydrogen-bond acceptors (Lipinski definition) is 1. The molecule has 0 fully saturated rings. The molecule has 0 aliphatic carbocycles. The van der Waals surface area contributed by atoms with Crippen molar-refractivity contribution in [3.05, 3.63) is 54.6 Å². The van der Waals surface area contributed by atoms with E-state index < -0.39 is 0 Å². The molecule has 0 N–H and O–H groups in total. The molecule has 0 aliphatic heterocycles. The standard InChI is InChI=1S/C14H13Br3S/c1-2-3-9-4-6-10(7-5-9)13(16)12-8-11(15)14(17)18-12/h4-8,13H,2-3H2,1H3. The van der Waals surface area contributed by atoms with Gasteiger partial charge in [0.25, 0.3) is 0 Å². The predicted molar refractivity (Wildman–Crippen MR) is 90.9 cm³/mol. The van der Waals surface area contributed by atoms with Crippen LogP contribution in [0.5, 0.6) is 0 Å². The summed E-state index contributed by atoms with van der Waals surface area (Å²) in [5.74, 6) is 0. The van der Waals surface area contributed by atoms with E-state index in [4.69, 9.17) is 0 Å². The van der Waals surface area contributed by atoms with E-state index in [1.165, 1.54) is 22.4 Å². The Morgan fingerprint density at radius 3 is 2.33 bits per heavy atom. The molecular formula is C14H13Br3S. The van der Waals surface area contributed by atoms with E-state index in [0.29, 0.717) is 0 Å². The molecule has 1 aromatic heterocycles. The zero-order chi connectivity index (χ0) is 13.1. The van der Waals surface area contributed by atoms with Gasteiger partial charge >= 0.3 is 0 Å². The third-order valence-corrected chi connectivity index (χ3v) is 7.37. The van der Waals surface area contributed by atoms with Crippen LogP contribution in [-0.4, -0.2) is 0 Å². The molecule has 96 valence electrons. The Labute approximate surface area is 137 Å². The molecule has 0 amide bonds. The first-order valence-corrected chi connectivity index (χ1v) is 9.11. The van der Waals surface area contributed by atoms with Gasteiger partial charge in [-0.3, -0.25) is 0 Å². The Hall–Kier alpha value is 0.360. The lowest BCUT2D eigenvalue weighted by Gasteiger charge is -2.09. The molecule has 0 saturated heterocycles. The highest BCUT2D eigenvalue weighted by atomic mass is 79.9. The van der Waals surface area contributed by atoms with Gasteiger partial charge in [-0.25, -0.2) is 0 Å². The fraction of sp³-hybridized carbons (Fsp3) is 0.286. The monoisotopic (exact) mass is 450 g/mol. The lowest BCUT2D eigenvalue weighted by atomic mass is 10.1. The summed E-state index contributed by atoms with van der Waals surface area (Å²) in [4.78, 5) is 1.57. The number of alkyl halides is 1. The third kappa shape index (κ3) is 3.47. The van der Waals surface area contributed by atoms with Gasteiger partial charge in [0.05, 0.1) is 8.61 Å².